The molecule has 0 aliphatic carbocycles. The van der Waals surface area contributed by atoms with E-state index in [0.717, 1.165) is 10.9 Å². The quantitative estimate of drug-likeness (QED) is 0.921. The van der Waals surface area contributed by atoms with Gasteiger partial charge in [0.05, 0.1) is 18.1 Å². The van der Waals surface area contributed by atoms with Gasteiger partial charge in [0, 0.05) is 11.2 Å². The van der Waals surface area contributed by atoms with Crippen LogP contribution in [0.25, 0.3) is 10.1 Å². The lowest BCUT2D eigenvalue weighted by Crippen LogP contribution is -2.52. The van der Waals surface area contributed by atoms with Gasteiger partial charge in [-0.05, 0) is 30.0 Å². The molecule has 5 nitrogen and oxygen atoms in total. The Labute approximate surface area is 129 Å². The molecule has 1 aliphatic heterocycles. The van der Waals surface area contributed by atoms with E-state index in [1.807, 2.05) is 0 Å². The molecule has 0 saturated carbocycles. The highest BCUT2D eigenvalue weighted by molar-refractivity contribution is 7.21. The van der Waals surface area contributed by atoms with Crippen molar-refractivity contribution in [3.8, 4) is 0 Å². The molecule has 0 radical (unpaired) electrons. The molecule has 1 unspecified atom stereocenters. The Hall–Kier alpha value is -1.99. The molecule has 7 heteroatoms. The van der Waals surface area contributed by atoms with Crippen LogP contribution >= 0.6 is 11.3 Å². The van der Waals surface area contributed by atoms with Crippen molar-refractivity contribution in [2.75, 3.05) is 19.8 Å². The maximum absolute atomic E-state index is 13.3. The van der Waals surface area contributed by atoms with Crippen LogP contribution in [-0.2, 0) is 9.53 Å². The number of ether oxygens (including phenoxy) is 1. The van der Waals surface area contributed by atoms with Gasteiger partial charge in [-0.25, -0.2) is 9.18 Å². The van der Waals surface area contributed by atoms with E-state index in [9.17, 15) is 19.1 Å². The zero-order chi connectivity index (χ0) is 15.9. The molecular weight excluding hydrogens is 309 g/mol. The summed E-state index contributed by atoms with van der Waals surface area (Å²) in [5, 5.41) is 10.0. The van der Waals surface area contributed by atoms with Crippen molar-refractivity contribution in [1.82, 2.24) is 4.90 Å². The number of benzene rings is 1. The van der Waals surface area contributed by atoms with Crippen molar-refractivity contribution in [1.29, 1.82) is 0 Å². The van der Waals surface area contributed by atoms with Crippen molar-refractivity contribution < 1.29 is 23.8 Å². The number of nitrogens with zero attached hydrogens (tertiary/aromatic N) is 1. The number of carbonyl (C=O) groups excluding carboxylic acids is 1. The van der Waals surface area contributed by atoms with Gasteiger partial charge in [-0.1, -0.05) is 6.07 Å². The predicted octanol–water partition coefficient (Wildman–Crippen LogP) is 2.27. The first-order chi connectivity index (χ1) is 10.5. The minimum atomic E-state index is -1.09. The zero-order valence-corrected chi connectivity index (χ0v) is 12.7. The topological polar surface area (TPSA) is 66.8 Å². The second-order valence-corrected chi connectivity index (χ2v) is 6.18. The van der Waals surface area contributed by atoms with Gasteiger partial charge in [-0.3, -0.25) is 4.79 Å². The number of aryl methyl sites for hydroxylation is 1. The van der Waals surface area contributed by atoms with E-state index in [1.54, 1.807) is 13.0 Å². The fraction of sp³-hybridized carbons (Fsp3) is 0.333. The summed E-state index contributed by atoms with van der Waals surface area (Å²) in [6, 6.07) is 3.40. The minimum Gasteiger partial charge on any atom is -0.480 e. The van der Waals surface area contributed by atoms with Gasteiger partial charge in [0.15, 0.2) is 6.04 Å². The number of carbonyl (C=O) groups is 2. The van der Waals surface area contributed by atoms with E-state index in [-0.39, 0.29) is 24.9 Å². The number of fused-ring (bicyclic) bond motifs is 1. The molecule has 2 heterocycles. The van der Waals surface area contributed by atoms with E-state index in [4.69, 9.17) is 4.74 Å². The van der Waals surface area contributed by atoms with Crippen molar-refractivity contribution >= 4 is 33.3 Å². The Kier molecular flexibility index (Phi) is 3.84. The summed E-state index contributed by atoms with van der Waals surface area (Å²) in [6.07, 6.45) is 0. The summed E-state index contributed by atoms with van der Waals surface area (Å²) in [6.45, 7) is 2.33. The Balaban J connectivity index is 2.00. The monoisotopic (exact) mass is 323 g/mol. The van der Waals surface area contributed by atoms with E-state index >= 15 is 0 Å². The van der Waals surface area contributed by atoms with Crippen LogP contribution in [0.4, 0.5) is 4.39 Å². The Bertz CT molecular complexity index is 757. The number of rotatable bonds is 2. The summed E-state index contributed by atoms with van der Waals surface area (Å²) in [4.78, 5) is 25.8. The standard InChI is InChI=1S/C15H14FNO4S/c1-8-10-3-2-9(16)6-12(10)22-13(8)14(18)17-4-5-21-7-11(17)15(19)20/h2-3,6,11H,4-5,7H2,1H3,(H,19,20). The molecule has 1 N–H and O–H groups in total. The van der Waals surface area contributed by atoms with Crippen LogP contribution < -0.4 is 0 Å². The molecule has 1 aliphatic rings. The van der Waals surface area contributed by atoms with E-state index in [2.05, 4.69) is 0 Å². The number of carboxylic acids is 1. The molecule has 1 fully saturated rings. The third-order valence-corrected chi connectivity index (χ3v) is 5.01. The van der Waals surface area contributed by atoms with Crippen LogP contribution in [0.15, 0.2) is 18.2 Å². The highest BCUT2D eigenvalue weighted by atomic mass is 32.1. The lowest BCUT2D eigenvalue weighted by atomic mass is 10.1. The maximum Gasteiger partial charge on any atom is 0.328 e. The average Bonchev–Trinajstić information content (AvgIpc) is 2.82. The Morgan fingerprint density at radius 3 is 2.95 bits per heavy atom. The number of hydrogen-bond acceptors (Lipinski definition) is 4. The second kappa shape index (κ2) is 5.66. The molecular formula is C15H14FNO4S. The summed E-state index contributed by atoms with van der Waals surface area (Å²) < 4.78 is 19.1. The summed E-state index contributed by atoms with van der Waals surface area (Å²) >= 11 is 1.19. The van der Waals surface area contributed by atoms with E-state index < -0.39 is 12.0 Å². The van der Waals surface area contributed by atoms with Crippen molar-refractivity contribution in [3.05, 3.63) is 34.5 Å². The highest BCUT2D eigenvalue weighted by Gasteiger charge is 2.34. The van der Waals surface area contributed by atoms with Gasteiger partial charge in [0.2, 0.25) is 0 Å². The fourth-order valence-electron chi connectivity index (χ4n) is 2.59. The zero-order valence-electron chi connectivity index (χ0n) is 11.8. The van der Waals surface area contributed by atoms with E-state index in [0.29, 0.717) is 16.2 Å². The lowest BCUT2D eigenvalue weighted by Gasteiger charge is -2.32. The van der Waals surface area contributed by atoms with Gasteiger partial charge in [0.25, 0.3) is 5.91 Å². The van der Waals surface area contributed by atoms with Gasteiger partial charge in [-0.2, -0.15) is 0 Å². The van der Waals surface area contributed by atoms with Gasteiger partial charge < -0.3 is 14.7 Å². The summed E-state index contributed by atoms with van der Waals surface area (Å²) in [5.74, 6) is -1.78. The molecule has 22 heavy (non-hydrogen) atoms. The molecule has 2 aromatic rings. The molecule has 116 valence electrons. The molecule has 0 bridgehead atoms. The molecule has 1 saturated heterocycles. The minimum absolute atomic E-state index is 0.0142. The normalized spacial score (nSPS) is 18.6. The fourth-order valence-corrected chi connectivity index (χ4v) is 3.78. The van der Waals surface area contributed by atoms with Crippen molar-refractivity contribution in [3.63, 3.8) is 0 Å². The maximum atomic E-state index is 13.3. The SMILES string of the molecule is Cc1c(C(=O)N2CCOCC2C(=O)O)sc2cc(F)ccc12. The number of thiophene rings is 1. The van der Waals surface area contributed by atoms with Crippen LogP contribution in [0.1, 0.15) is 15.2 Å². The third kappa shape index (κ3) is 2.46. The average molecular weight is 323 g/mol. The first kappa shape index (κ1) is 14.9. The summed E-state index contributed by atoms with van der Waals surface area (Å²) in [5.41, 5.74) is 0.751. The van der Waals surface area contributed by atoms with Gasteiger partial charge in [-0.15, -0.1) is 11.3 Å². The van der Waals surface area contributed by atoms with E-state index in [1.165, 1.54) is 28.4 Å². The molecule has 1 aromatic heterocycles. The van der Waals surface area contributed by atoms with Gasteiger partial charge in [0.1, 0.15) is 5.82 Å². The third-order valence-electron chi connectivity index (χ3n) is 3.77. The number of morpholine rings is 1. The van der Waals surface area contributed by atoms with Crippen molar-refractivity contribution in [2.24, 2.45) is 0 Å². The van der Waals surface area contributed by atoms with Crippen LogP contribution in [0.3, 0.4) is 0 Å². The van der Waals surface area contributed by atoms with Gasteiger partial charge >= 0.3 is 5.97 Å². The number of aliphatic carboxylic acids is 1. The first-order valence-corrected chi connectivity index (χ1v) is 7.61. The molecule has 0 spiro atoms. The highest BCUT2D eigenvalue weighted by Crippen LogP contribution is 2.32. The molecule has 1 aromatic carbocycles. The van der Waals surface area contributed by atoms with Crippen molar-refractivity contribution in [2.45, 2.75) is 13.0 Å². The number of amides is 1. The van der Waals surface area contributed by atoms with Crippen LogP contribution in [0, 0.1) is 12.7 Å². The number of halogens is 1. The number of hydrogen-bond donors (Lipinski definition) is 1. The molecule has 3 rings (SSSR count). The first-order valence-electron chi connectivity index (χ1n) is 6.79. The predicted molar refractivity (Wildman–Crippen MR) is 79.8 cm³/mol. The van der Waals surface area contributed by atoms with Crippen LogP contribution in [0.2, 0.25) is 0 Å². The van der Waals surface area contributed by atoms with Crippen LogP contribution in [-0.4, -0.2) is 47.7 Å². The number of carboxylic acid groups (broad SMARTS) is 1. The smallest absolute Gasteiger partial charge is 0.328 e. The largest absolute Gasteiger partial charge is 0.480 e. The Morgan fingerprint density at radius 1 is 1.45 bits per heavy atom. The Morgan fingerprint density at radius 2 is 2.23 bits per heavy atom. The second-order valence-electron chi connectivity index (χ2n) is 5.12. The summed E-state index contributed by atoms with van der Waals surface area (Å²) in [7, 11) is 0. The molecule has 1 atom stereocenters. The lowest BCUT2D eigenvalue weighted by molar-refractivity contribution is -0.147. The van der Waals surface area contributed by atoms with Crippen LogP contribution in [0.5, 0.6) is 0 Å². The molecule has 1 amide bonds.